The summed E-state index contributed by atoms with van der Waals surface area (Å²) >= 11 is 1.78. The van der Waals surface area contributed by atoms with Crippen LogP contribution in [0.25, 0.3) is 0 Å². The summed E-state index contributed by atoms with van der Waals surface area (Å²) in [5.74, 6) is 0. The molecule has 12 heavy (non-hydrogen) atoms. The van der Waals surface area contributed by atoms with Gasteiger partial charge in [-0.25, -0.2) is 4.98 Å². The maximum atomic E-state index is 4.22. The van der Waals surface area contributed by atoms with Crippen LogP contribution >= 0.6 is 11.3 Å². The maximum Gasteiger partial charge on any atom is 0.0897 e. The van der Waals surface area contributed by atoms with Crippen LogP contribution in [0.2, 0.25) is 0 Å². The molecular formula is C9H14N2S. The van der Waals surface area contributed by atoms with Crippen molar-refractivity contribution in [3.05, 3.63) is 16.1 Å². The van der Waals surface area contributed by atoms with Crippen molar-refractivity contribution in [1.29, 1.82) is 0 Å². The minimum absolute atomic E-state index is 0.442. The van der Waals surface area contributed by atoms with Crippen LogP contribution in [0.15, 0.2) is 6.20 Å². The first-order valence-electron chi connectivity index (χ1n) is 4.34. The highest BCUT2D eigenvalue weighted by molar-refractivity contribution is 7.11. The van der Waals surface area contributed by atoms with Gasteiger partial charge in [0.2, 0.25) is 0 Å². The van der Waals surface area contributed by atoms with E-state index in [9.17, 15) is 0 Å². The van der Waals surface area contributed by atoms with E-state index in [1.807, 2.05) is 13.1 Å². The maximum absolute atomic E-state index is 4.22. The smallest absolute Gasteiger partial charge is 0.0897 e. The Balaban J connectivity index is 1.87. The van der Waals surface area contributed by atoms with E-state index in [2.05, 4.69) is 17.2 Å². The molecule has 3 heteroatoms. The van der Waals surface area contributed by atoms with Crippen molar-refractivity contribution in [2.24, 2.45) is 0 Å². The van der Waals surface area contributed by atoms with Gasteiger partial charge in [-0.3, -0.25) is 0 Å². The van der Waals surface area contributed by atoms with Crippen LogP contribution in [0.5, 0.6) is 0 Å². The van der Waals surface area contributed by atoms with Crippen molar-refractivity contribution < 1.29 is 0 Å². The van der Waals surface area contributed by atoms with Gasteiger partial charge in [-0.1, -0.05) is 0 Å². The molecule has 0 saturated heterocycles. The van der Waals surface area contributed by atoms with Crippen LogP contribution in [0.4, 0.5) is 0 Å². The van der Waals surface area contributed by atoms with Crippen LogP contribution in [0, 0.1) is 6.92 Å². The monoisotopic (exact) mass is 182 g/mol. The van der Waals surface area contributed by atoms with Gasteiger partial charge in [0.1, 0.15) is 0 Å². The van der Waals surface area contributed by atoms with Crippen molar-refractivity contribution in [2.45, 2.75) is 38.8 Å². The Bertz CT molecular complexity index is 276. The van der Waals surface area contributed by atoms with Gasteiger partial charge in [0.25, 0.3) is 0 Å². The van der Waals surface area contributed by atoms with Crippen molar-refractivity contribution in [3.8, 4) is 0 Å². The molecule has 2 rings (SSSR count). The third-order valence-corrected chi connectivity index (χ3v) is 3.27. The Morgan fingerprint density at radius 3 is 2.92 bits per heavy atom. The van der Waals surface area contributed by atoms with Crippen LogP contribution < -0.4 is 5.32 Å². The lowest BCUT2D eigenvalue weighted by Crippen LogP contribution is -2.26. The first kappa shape index (κ1) is 8.20. The third-order valence-electron chi connectivity index (χ3n) is 2.36. The lowest BCUT2D eigenvalue weighted by Gasteiger charge is -2.08. The molecule has 0 aromatic carbocycles. The SMILES string of the molecule is Cc1ncc(CNC2(C)CC2)s1. The fourth-order valence-corrected chi connectivity index (χ4v) is 1.89. The predicted octanol–water partition coefficient (Wildman–Crippen LogP) is 2.09. The normalized spacial score (nSPS) is 19.5. The number of hydrogen-bond acceptors (Lipinski definition) is 3. The predicted molar refractivity (Wildman–Crippen MR) is 51.3 cm³/mol. The van der Waals surface area contributed by atoms with E-state index in [4.69, 9.17) is 0 Å². The lowest BCUT2D eigenvalue weighted by atomic mass is 10.3. The van der Waals surface area contributed by atoms with Crippen LogP contribution in [0.3, 0.4) is 0 Å². The average Bonchev–Trinajstić information content (AvgIpc) is 2.60. The van der Waals surface area contributed by atoms with E-state index in [1.165, 1.54) is 17.7 Å². The van der Waals surface area contributed by atoms with Crippen LogP contribution in [-0.2, 0) is 6.54 Å². The first-order valence-corrected chi connectivity index (χ1v) is 5.16. The Labute approximate surface area is 77.0 Å². The summed E-state index contributed by atoms with van der Waals surface area (Å²) in [5.41, 5.74) is 0.442. The van der Waals surface area contributed by atoms with Gasteiger partial charge < -0.3 is 5.32 Å². The number of hydrogen-bond donors (Lipinski definition) is 1. The summed E-state index contributed by atoms with van der Waals surface area (Å²) in [4.78, 5) is 5.56. The van der Waals surface area contributed by atoms with Crippen molar-refractivity contribution >= 4 is 11.3 Å². The standard InChI is InChI=1S/C9H14N2S/c1-7-10-5-8(12-7)6-11-9(2)3-4-9/h5,11H,3-4,6H2,1-2H3. The highest BCUT2D eigenvalue weighted by Crippen LogP contribution is 2.34. The minimum Gasteiger partial charge on any atom is -0.307 e. The molecule has 0 atom stereocenters. The van der Waals surface area contributed by atoms with Crippen molar-refractivity contribution in [3.63, 3.8) is 0 Å². The van der Waals surface area contributed by atoms with Crippen LogP contribution in [0.1, 0.15) is 29.7 Å². The highest BCUT2D eigenvalue weighted by Gasteiger charge is 2.36. The summed E-state index contributed by atoms with van der Waals surface area (Å²) in [5, 5.41) is 4.69. The summed E-state index contributed by atoms with van der Waals surface area (Å²) in [6.45, 7) is 5.32. The lowest BCUT2D eigenvalue weighted by molar-refractivity contribution is 0.541. The summed E-state index contributed by atoms with van der Waals surface area (Å²) in [6, 6.07) is 0. The Hall–Kier alpha value is -0.410. The molecule has 1 aliphatic rings. The summed E-state index contributed by atoms with van der Waals surface area (Å²) in [7, 11) is 0. The topological polar surface area (TPSA) is 24.9 Å². The number of nitrogens with zero attached hydrogens (tertiary/aromatic N) is 1. The number of rotatable bonds is 3. The second kappa shape index (κ2) is 2.82. The molecule has 1 heterocycles. The number of aryl methyl sites for hydroxylation is 1. The molecule has 0 spiro atoms. The van der Waals surface area contributed by atoms with Gasteiger partial charge in [0.15, 0.2) is 0 Å². The average molecular weight is 182 g/mol. The van der Waals surface area contributed by atoms with Gasteiger partial charge >= 0.3 is 0 Å². The summed E-state index contributed by atoms with van der Waals surface area (Å²) in [6.07, 6.45) is 4.62. The second-order valence-corrected chi connectivity index (χ2v) is 5.08. The first-order chi connectivity index (χ1) is 5.68. The van der Waals surface area contributed by atoms with E-state index in [0.717, 1.165) is 11.6 Å². The van der Waals surface area contributed by atoms with E-state index >= 15 is 0 Å². The van der Waals surface area contributed by atoms with Gasteiger partial charge in [-0.15, -0.1) is 11.3 Å². The molecule has 1 saturated carbocycles. The van der Waals surface area contributed by atoms with E-state index in [-0.39, 0.29) is 0 Å². The van der Waals surface area contributed by atoms with Gasteiger partial charge in [-0.2, -0.15) is 0 Å². The van der Waals surface area contributed by atoms with Crippen LogP contribution in [-0.4, -0.2) is 10.5 Å². The zero-order chi connectivity index (χ0) is 8.60. The van der Waals surface area contributed by atoms with E-state index in [1.54, 1.807) is 11.3 Å². The highest BCUT2D eigenvalue weighted by atomic mass is 32.1. The number of aromatic nitrogens is 1. The van der Waals surface area contributed by atoms with Gasteiger partial charge in [0.05, 0.1) is 5.01 Å². The largest absolute Gasteiger partial charge is 0.307 e. The van der Waals surface area contributed by atoms with Gasteiger partial charge in [-0.05, 0) is 26.7 Å². The fraction of sp³-hybridized carbons (Fsp3) is 0.667. The Morgan fingerprint density at radius 1 is 1.67 bits per heavy atom. The molecule has 1 aliphatic carbocycles. The molecule has 0 amide bonds. The Morgan fingerprint density at radius 2 is 2.42 bits per heavy atom. The molecule has 1 aromatic rings. The van der Waals surface area contributed by atoms with E-state index < -0.39 is 0 Å². The van der Waals surface area contributed by atoms with Crippen molar-refractivity contribution in [1.82, 2.24) is 10.3 Å². The fourth-order valence-electron chi connectivity index (χ4n) is 1.15. The molecule has 1 fully saturated rings. The molecule has 1 aromatic heterocycles. The molecule has 0 aliphatic heterocycles. The van der Waals surface area contributed by atoms with Crippen molar-refractivity contribution in [2.75, 3.05) is 0 Å². The molecule has 1 N–H and O–H groups in total. The Kier molecular flexibility index (Phi) is 1.93. The van der Waals surface area contributed by atoms with Gasteiger partial charge in [0, 0.05) is 23.2 Å². The molecule has 0 unspecified atom stereocenters. The third kappa shape index (κ3) is 1.84. The number of thiazole rings is 1. The molecule has 66 valence electrons. The molecule has 2 nitrogen and oxygen atoms in total. The molecule has 0 radical (unpaired) electrons. The molecular weight excluding hydrogens is 168 g/mol. The second-order valence-electron chi connectivity index (χ2n) is 3.76. The zero-order valence-electron chi connectivity index (χ0n) is 7.55. The molecule has 0 bridgehead atoms. The minimum atomic E-state index is 0.442. The zero-order valence-corrected chi connectivity index (χ0v) is 8.37. The van der Waals surface area contributed by atoms with E-state index in [0.29, 0.717) is 5.54 Å². The summed E-state index contributed by atoms with van der Waals surface area (Å²) < 4.78 is 0. The number of nitrogens with one attached hydrogen (secondary N) is 1. The quantitative estimate of drug-likeness (QED) is 0.774.